The van der Waals surface area contributed by atoms with E-state index in [0.29, 0.717) is 12.1 Å². The molecule has 0 unspecified atom stereocenters. The number of hydrogen-bond donors (Lipinski definition) is 2. The van der Waals surface area contributed by atoms with E-state index in [1.54, 1.807) is 18.3 Å². The summed E-state index contributed by atoms with van der Waals surface area (Å²) in [7, 11) is 0. The summed E-state index contributed by atoms with van der Waals surface area (Å²) in [6.45, 7) is 2.66. The van der Waals surface area contributed by atoms with Crippen LogP contribution in [-0.2, 0) is 6.54 Å². The maximum Gasteiger partial charge on any atom is 0.126 e. The van der Waals surface area contributed by atoms with Crippen LogP contribution < -0.4 is 11.1 Å². The van der Waals surface area contributed by atoms with Gasteiger partial charge in [-0.15, -0.1) is 0 Å². The van der Waals surface area contributed by atoms with Crippen LogP contribution in [0.25, 0.3) is 0 Å². The zero-order valence-electron chi connectivity index (χ0n) is 10.1. The van der Waals surface area contributed by atoms with Gasteiger partial charge in [-0.1, -0.05) is 12.1 Å². The molecule has 1 aromatic carbocycles. The molecule has 0 fully saturated rings. The lowest BCUT2D eigenvalue weighted by Crippen LogP contribution is -2.04. The quantitative estimate of drug-likeness (QED) is 0.805. The second-order valence-electron chi connectivity index (χ2n) is 4.03. The number of nitrogen functional groups attached to an aromatic ring is 1. The number of aromatic nitrogens is 1. The molecule has 3 N–H and O–H groups in total. The number of pyridine rings is 1. The van der Waals surface area contributed by atoms with E-state index < -0.39 is 0 Å². The van der Waals surface area contributed by atoms with Crippen molar-refractivity contribution in [3.8, 4) is 6.07 Å². The molecule has 4 nitrogen and oxygen atoms in total. The highest BCUT2D eigenvalue weighted by molar-refractivity contribution is 5.51. The first-order valence-corrected chi connectivity index (χ1v) is 5.64. The molecule has 2 rings (SSSR count). The Morgan fingerprint density at radius 1 is 1.33 bits per heavy atom. The van der Waals surface area contributed by atoms with E-state index in [1.165, 1.54) is 0 Å². The highest BCUT2D eigenvalue weighted by atomic mass is 15.0. The summed E-state index contributed by atoms with van der Waals surface area (Å²) in [5.74, 6) is 0.746. The molecule has 0 spiro atoms. The van der Waals surface area contributed by atoms with Crippen molar-refractivity contribution >= 4 is 11.5 Å². The predicted octanol–water partition coefficient (Wildman–Crippen LogP) is 2.46. The van der Waals surface area contributed by atoms with Gasteiger partial charge < -0.3 is 11.1 Å². The minimum Gasteiger partial charge on any atom is -0.399 e. The average Bonchev–Trinajstić information content (AvgIpc) is 2.41. The maximum atomic E-state index is 8.68. The van der Waals surface area contributed by atoms with E-state index in [2.05, 4.69) is 10.3 Å². The summed E-state index contributed by atoms with van der Waals surface area (Å²) >= 11 is 0. The lowest BCUT2D eigenvalue weighted by molar-refractivity contribution is 1.09. The molecule has 0 saturated heterocycles. The average molecular weight is 238 g/mol. The molecule has 0 amide bonds. The fourth-order valence-electron chi connectivity index (χ4n) is 1.65. The molecular formula is C14H14N4. The van der Waals surface area contributed by atoms with E-state index in [1.807, 2.05) is 31.2 Å². The summed E-state index contributed by atoms with van der Waals surface area (Å²) in [6, 6.07) is 11.4. The van der Waals surface area contributed by atoms with Crippen LogP contribution in [0.3, 0.4) is 0 Å². The number of anilines is 2. The lowest BCUT2D eigenvalue weighted by atomic mass is 10.1. The topological polar surface area (TPSA) is 74.7 Å². The maximum absolute atomic E-state index is 8.68. The van der Waals surface area contributed by atoms with E-state index in [0.717, 1.165) is 22.6 Å². The number of rotatable bonds is 3. The molecule has 18 heavy (non-hydrogen) atoms. The highest BCUT2D eigenvalue weighted by Crippen LogP contribution is 2.16. The Morgan fingerprint density at radius 3 is 2.83 bits per heavy atom. The largest absolute Gasteiger partial charge is 0.399 e. The van der Waals surface area contributed by atoms with Crippen LogP contribution in [0.2, 0.25) is 0 Å². The molecule has 0 aliphatic rings. The van der Waals surface area contributed by atoms with Gasteiger partial charge in [-0.05, 0) is 36.2 Å². The summed E-state index contributed by atoms with van der Waals surface area (Å²) in [5.41, 5.74) is 9.42. The molecule has 4 heteroatoms. The van der Waals surface area contributed by atoms with Gasteiger partial charge >= 0.3 is 0 Å². The molecule has 0 bridgehead atoms. The van der Waals surface area contributed by atoms with Crippen molar-refractivity contribution in [2.45, 2.75) is 13.5 Å². The summed E-state index contributed by atoms with van der Waals surface area (Å²) in [6.07, 6.45) is 1.55. The van der Waals surface area contributed by atoms with Crippen molar-refractivity contribution in [2.24, 2.45) is 0 Å². The Kier molecular flexibility index (Phi) is 3.44. The van der Waals surface area contributed by atoms with Crippen LogP contribution in [-0.4, -0.2) is 4.98 Å². The van der Waals surface area contributed by atoms with Gasteiger partial charge in [0, 0.05) is 18.4 Å². The Morgan fingerprint density at radius 2 is 2.17 bits per heavy atom. The smallest absolute Gasteiger partial charge is 0.126 e. The summed E-state index contributed by atoms with van der Waals surface area (Å²) < 4.78 is 0. The molecule has 0 saturated carbocycles. The molecule has 0 aliphatic carbocycles. The third-order valence-electron chi connectivity index (χ3n) is 2.84. The number of nitrogens with two attached hydrogens (primary N) is 1. The number of nitriles is 1. The molecule has 0 atom stereocenters. The van der Waals surface area contributed by atoms with Crippen LogP contribution >= 0.6 is 0 Å². The lowest BCUT2D eigenvalue weighted by Gasteiger charge is -2.10. The monoisotopic (exact) mass is 238 g/mol. The third-order valence-corrected chi connectivity index (χ3v) is 2.84. The summed E-state index contributed by atoms with van der Waals surface area (Å²) in [4.78, 5) is 4.15. The molecule has 2 aromatic rings. The number of hydrogen-bond acceptors (Lipinski definition) is 4. The van der Waals surface area contributed by atoms with Crippen molar-refractivity contribution < 1.29 is 0 Å². The second-order valence-corrected chi connectivity index (χ2v) is 4.03. The fraction of sp³-hybridized carbons (Fsp3) is 0.143. The summed E-state index contributed by atoms with van der Waals surface area (Å²) in [5, 5.41) is 11.9. The van der Waals surface area contributed by atoms with Crippen molar-refractivity contribution in [3.05, 3.63) is 53.2 Å². The predicted molar refractivity (Wildman–Crippen MR) is 71.9 cm³/mol. The molecule has 1 heterocycles. The number of benzene rings is 1. The molecule has 90 valence electrons. The van der Waals surface area contributed by atoms with Gasteiger partial charge in [0.2, 0.25) is 0 Å². The highest BCUT2D eigenvalue weighted by Gasteiger charge is 2.01. The van der Waals surface area contributed by atoms with E-state index >= 15 is 0 Å². The van der Waals surface area contributed by atoms with Crippen LogP contribution in [0.5, 0.6) is 0 Å². The Balaban J connectivity index is 2.07. The van der Waals surface area contributed by atoms with Crippen molar-refractivity contribution in [1.82, 2.24) is 4.98 Å². The number of nitrogens with zero attached hydrogens (tertiary/aromatic N) is 2. The van der Waals surface area contributed by atoms with Gasteiger partial charge in [-0.25, -0.2) is 4.98 Å². The first kappa shape index (κ1) is 11.9. The molecule has 1 aromatic heterocycles. The minimum atomic E-state index is 0.556. The van der Waals surface area contributed by atoms with Crippen LogP contribution in [0.4, 0.5) is 11.5 Å². The fourth-order valence-corrected chi connectivity index (χ4v) is 1.65. The van der Waals surface area contributed by atoms with Gasteiger partial charge in [0.25, 0.3) is 0 Å². The Bertz CT molecular complexity index is 582. The third kappa shape index (κ3) is 2.58. The normalized spacial score (nSPS) is 9.78. The molecule has 0 radical (unpaired) electrons. The van der Waals surface area contributed by atoms with Gasteiger partial charge in [0.1, 0.15) is 11.9 Å². The number of nitrogens with one attached hydrogen (secondary N) is 1. The molecular weight excluding hydrogens is 224 g/mol. The van der Waals surface area contributed by atoms with Gasteiger partial charge in [-0.2, -0.15) is 5.26 Å². The van der Waals surface area contributed by atoms with E-state index in [4.69, 9.17) is 11.0 Å². The first-order valence-electron chi connectivity index (χ1n) is 5.64. The Labute approximate surface area is 106 Å². The van der Waals surface area contributed by atoms with E-state index in [9.17, 15) is 0 Å². The van der Waals surface area contributed by atoms with E-state index in [-0.39, 0.29) is 0 Å². The standard InChI is InChI=1S/C14H14N4/c1-10-12(3-2-4-13(10)16)9-18-14-6-5-11(7-15)8-17-14/h2-6,8H,9,16H2,1H3,(H,17,18). The van der Waals surface area contributed by atoms with Crippen molar-refractivity contribution in [3.63, 3.8) is 0 Å². The van der Waals surface area contributed by atoms with Crippen LogP contribution in [0, 0.1) is 18.3 Å². The van der Waals surface area contributed by atoms with Crippen LogP contribution in [0.15, 0.2) is 36.5 Å². The zero-order chi connectivity index (χ0) is 13.0. The van der Waals surface area contributed by atoms with Gasteiger partial charge in [0.15, 0.2) is 0 Å². The van der Waals surface area contributed by atoms with Gasteiger partial charge in [-0.3, -0.25) is 0 Å². The Hall–Kier alpha value is -2.54. The zero-order valence-corrected chi connectivity index (χ0v) is 10.1. The van der Waals surface area contributed by atoms with Crippen molar-refractivity contribution in [2.75, 3.05) is 11.1 Å². The first-order chi connectivity index (χ1) is 8.70. The van der Waals surface area contributed by atoms with Gasteiger partial charge in [0.05, 0.1) is 5.56 Å². The minimum absolute atomic E-state index is 0.556. The van der Waals surface area contributed by atoms with Crippen LogP contribution in [0.1, 0.15) is 16.7 Å². The second kappa shape index (κ2) is 5.19. The SMILES string of the molecule is Cc1c(N)cccc1CNc1ccc(C#N)cn1. The van der Waals surface area contributed by atoms with Crippen molar-refractivity contribution in [1.29, 1.82) is 5.26 Å². The molecule has 0 aliphatic heterocycles.